The summed E-state index contributed by atoms with van der Waals surface area (Å²) in [5, 5.41) is 16.1. The number of aryl methyl sites for hydroxylation is 2. The Morgan fingerprint density at radius 3 is 2.54 bits per heavy atom. The first kappa shape index (κ1) is 24.0. The highest BCUT2D eigenvalue weighted by Gasteiger charge is 2.41. The van der Waals surface area contributed by atoms with Gasteiger partial charge in [0.25, 0.3) is 0 Å². The molecule has 0 aliphatic heterocycles. The zero-order chi connectivity index (χ0) is 25.5. The molecule has 2 heterocycles. The van der Waals surface area contributed by atoms with Crippen LogP contribution in [0.1, 0.15) is 29.5 Å². The molecule has 2 aromatic heterocycles. The predicted molar refractivity (Wildman–Crippen MR) is 126 cm³/mol. The first-order chi connectivity index (χ1) is 16.6. The largest absolute Gasteiger partial charge is 0.374 e. The maximum Gasteiger partial charge on any atom is 0.323 e. The van der Waals surface area contributed by atoms with Gasteiger partial charge in [-0.3, -0.25) is 4.99 Å². The molecule has 7 nitrogen and oxygen atoms in total. The third-order valence-electron chi connectivity index (χ3n) is 5.65. The number of benzene rings is 2. The highest BCUT2D eigenvalue weighted by atomic mass is 19.1. The van der Waals surface area contributed by atoms with Gasteiger partial charge in [-0.25, -0.2) is 18.0 Å². The molecule has 0 saturated heterocycles. The smallest absolute Gasteiger partial charge is 0.323 e. The molecule has 4 aromatic rings. The van der Waals surface area contributed by atoms with Crippen molar-refractivity contribution in [2.75, 3.05) is 0 Å². The lowest BCUT2D eigenvalue weighted by molar-refractivity contribution is 0.116. The number of H-pyrrole nitrogens is 2. The van der Waals surface area contributed by atoms with Gasteiger partial charge in [0.2, 0.25) is 0 Å². The fourth-order valence-corrected chi connectivity index (χ4v) is 4.19. The number of hydrogen-bond acceptors (Lipinski definition) is 5. The van der Waals surface area contributed by atoms with Gasteiger partial charge in [-0.1, -0.05) is 17.8 Å². The number of aromatic nitrogens is 3. The minimum atomic E-state index is -2.39. The predicted octanol–water partition coefficient (Wildman–Crippen LogP) is 5.10. The number of allylic oxidation sites excluding steroid dienone is 2. The molecular formula is C25H21F3N4O3. The fourth-order valence-electron chi connectivity index (χ4n) is 4.19. The number of halogens is 3. The van der Waals surface area contributed by atoms with Crippen LogP contribution in [0.5, 0.6) is 0 Å². The number of aliphatic imine (C=N–C) groups is 1. The normalized spacial score (nSPS) is 14.1. The van der Waals surface area contributed by atoms with Gasteiger partial charge in [0, 0.05) is 22.8 Å². The zero-order valence-electron chi connectivity index (χ0n) is 19.0. The Labute approximate surface area is 197 Å². The number of fused-ring (bicyclic) bond motifs is 1. The van der Waals surface area contributed by atoms with Crippen LogP contribution >= 0.6 is 0 Å². The monoisotopic (exact) mass is 482 g/mol. The second-order valence-electron chi connectivity index (χ2n) is 7.94. The molecular weight excluding hydrogens is 461 g/mol. The standard InChI is InChI=1S/C25H21F3N4O3/c1-5-21(29-11-12(2)26)25(34,17-7-6-16(27)10-19(17)28)18-8-15(22-13(3)32-35-14(22)4)9-20-23(18)31-24(33)30-20/h5-11,34H,2H2,1,3-4H3,(H2,30,31,33)/b21-5-,29-11-. The lowest BCUT2D eigenvalue weighted by Gasteiger charge is -2.31. The van der Waals surface area contributed by atoms with Crippen molar-refractivity contribution >= 4 is 17.2 Å². The summed E-state index contributed by atoms with van der Waals surface area (Å²) in [6.07, 6.45) is 2.11. The minimum absolute atomic E-state index is 0.00331. The van der Waals surface area contributed by atoms with Gasteiger partial charge < -0.3 is 19.6 Å². The number of aromatic amines is 2. The highest BCUT2D eigenvalue weighted by Crippen LogP contribution is 2.43. The van der Waals surface area contributed by atoms with Crippen molar-refractivity contribution in [3.63, 3.8) is 0 Å². The lowest BCUT2D eigenvalue weighted by Crippen LogP contribution is -2.31. The van der Waals surface area contributed by atoms with Gasteiger partial charge in [0.15, 0.2) is 5.60 Å². The van der Waals surface area contributed by atoms with Gasteiger partial charge in [0.05, 0.1) is 28.6 Å². The maximum atomic E-state index is 15.2. The van der Waals surface area contributed by atoms with Gasteiger partial charge in [-0.15, -0.1) is 0 Å². The highest BCUT2D eigenvalue weighted by molar-refractivity contribution is 5.88. The summed E-state index contributed by atoms with van der Waals surface area (Å²) in [6, 6.07) is 5.81. The SMILES string of the molecule is C=C(F)/C=N\C(=C/C)C(O)(c1ccc(F)cc1F)c1cc(-c2c(C)noc2C)cc2[nH]c(=O)[nH]c12. The van der Waals surface area contributed by atoms with Crippen molar-refractivity contribution in [1.29, 1.82) is 0 Å². The molecule has 0 amide bonds. The van der Waals surface area contributed by atoms with Crippen LogP contribution in [0.25, 0.3) is 22.2 Å². The molecule has 4 rings (SSSR count). The van der Waals surface area contributed by atoms with E-state index in [1.165, 1.54) is 19.1 Å². The number of imidazole rings is 1. The van der Waals surface area contributed by atoms with Crippen molar-refractivity contribution < 1.29 is 22.8 Å². The molecule has 0 aliphatic rings. The first-order valence-corrected chi connectivity index (χ1v) is 10.5. The minimum Gasteiger partial charge on any atom is -0.374 e. The Bertz CT molecular complexity index is 1560. The number of hydrogen-bond donors (Lipinski definition) is 3. The molecule has 0 spiro atoms. The average molecular weight is 482 g/mol. The van der Waals surface area contributed by atoms with Crippen molar-refractivity contribution in [1.82, 2.24) is 15.1 Å². The molecule has 0 saturated carbocycles. The van der Waals surface area contributed by atoms with E-state index < -0.39 is 28.8 Å². The van der Waals surface area contributed by atoms with Crippen LogP contribution in [0.2, 0.25) is 0 Å². The third-order valence-corrected chi connectivity index (χ3v) is 5.65. The second kappa shape index (κ2) is 8.88. The first-order valence-electron chi connectivity index (χ1n) is 10.5. The average Bonchev–Trinajstić information content (AvgIpc) is 3.33. The van der Waals surface area contributed by atoms with E-state index in [-0.39, 0.29) is 27.9 Å². The van der Waals surface area contributed by atoms with Gasteiger partial charge in [-0.2, -0.15) is 0 Å². The van der Waals surface area contributed by atoms with E-state index in [0.29, 0.717) is 28.6 Å². The van der Waals surface area contributed by atoms with Crippen LogP contribution < -0.4 is 5.69 Å². The Morgan fingerprint density at radius 2 is 1.94 bits per heavy atom. The number of nitrogens with one attached hydrogen (secondary N) is 2. The summed E-state index contributed by atoms with van der Waals surface area (Å²) in [5.41, 5.74) is -1.46. The van der Waals surface area contributed by atoms with Crippen LogP contribution in [0, 0.1) is 25.5 Å². The molecule has 0 bridgehead atoms. The molecule has 180 valence electrons. The van der Waals surface area contributed by atoms with E-state index in [1.807, 2.05) is 0 Å². The van der Waals surface area contributed by atoms with E-state index in [1.54, 1.807) is 19.9 Å². The van der Waals surface area contributed by atoms with Crippen LogP contribution in [0.3, 0.4) is 0 Å². The molecule has 10 heteroatoms. The van der Waals surface area contributed by atoms with Crippen molar-refractivity contribution in [3.8, 4) is 11.1 Å². The molecule has 2 aromatic carbocycles. The summed E-state index contributed by atoms with van der Waals surface area (Å²) in [4.78, 5) is 21.5. The van der Waals surface area contributed by atoms with Crippen molar-refractivity contribution in [2.45, 2.75) is 26.4 Å². The van der Waals surface area contributed by atoms with Crippen LogP contribution in [0.4, 0.5) is 13.2 Å². The van der Waals surface area contributed by atoms with E-state index in [2.05, 4.69) is 26.7 Å². The van der Waals surface area contributed by atoms with Gasteiger partial charge >= 0.3 is 5.69 Å². The summed E-state index contributed by atoms with van der Waals surface area (Å²) < 4.78 is 47.7. The number of aliphatic hydroxyl groups is 1. The molecule has 1 unspecified atom stereocenters. The Morgan fingerprint density at radius 1 is 1.20 bits per heavy atom. The molecule has 35 heavy (non-hydrogen) atoms. The summed E-state index contributed by atoms with van der Waals surface area (Å²) in [5.74, 6) is -2.37. The summed E-state index contributed by atoms with van der Waals surface area (Å²) in [7, 11) is 0. The van der Waals surface area contributed by atoms with Gasteiger partial charge in [-0.05, 0) is 50.6 Å². The van der Waals surface area contributed by atoms with Crippen molar-refractivity contribution in [3.05, 3.63) is 99.2 Å². The van der Waals surface area contributed by atoms with Crippen LogP contribution in [-0.2, 0) is 5.60 Å². The Hall–Kier alpha value is -4.18. The molecule has 0 radical (unpaired) electrons. The van der Waals surface area contributed by atoms with Crippen LogP contribution in [0.15, 0.2) is 68.8 Å². The Balaban J connectivity index is 2.15. The maximum absolute atomic E-state index is 15.2. The number of rotatable bonds is 6. The van der Waals surface area contributed by atoms with Crippen molar-refractivity contribution in [2.24, 2.45) is 4.99 Å². The lowest BCUT2D eigenvalue weighted by atomic mass is 9.81. The van der Waals surface area contributed by atoms with Crippen LogP contribution in [-0.4, -0.2) is 26.4 Å². The van der Waals surface area contributed by atoms with E-state index in [4.69, 9.17) is 4.52 Å². The molecule has 0 fully saturated rings. The Kier molecular flexibility index (Phi) is 6.08. The van der Waals surface area contributed by atoms with E-state index in [9.17, 15) is 18.7 Å². The number of nitrogens with zero attached hydrogens (tertiary/aromatic N) is 2. The molecule has 0 aliphatic carbocycles. The zero-order valence-corrected chi connectivity index (χ0v) is 19.0. The quantitative estimate of drug-likeness (QED) is 0.332. The van der Waals surface area contributed by atoms with Gasteiger partial charge in [0.1, 0.15) is 23.2 Å². The topological polar surface area (TPSA) is 107 Å². The van der Waals surface area contributed by atoms with E-state index in [0.717, 1.165) is 18.3 Å². The fraction of sp³-hybridized carbons (Fsp3) is 0.160. The van der Waals surface area contributed by atoms with E-state index >= 15 is 4.39 Å². The third kappa shape index (κ3) is 4.12. The molecule has 3 N–H and O–H groups in total. The summed E-state index contributed by atoms with van der Waals surface area (Å²) >= 11 is 0. The summed E-state index contributed by atoms with van der Waals surface area (Å²) in [6.45, 7) is 8.04. The molecule has 1 atom stereocenters. The second-order valence-corrected chi connectivity index (χ2v) is 7.94.